The molecule has 5 heteroatoms. The van der Waals surface area contributed by atoms with Crippen molar-refractivity contribution in [2.75, 3.05) is 13.6 Å². The van der Waals surface area contributed by atoms with E-state index in [2.05, 4.69) is 0 Å². The van der Waals surface area contributed by atoms with Gasteiger partial charge in [0, 0.05) is 25.7 Å². The molecular weight excluding hydrogens is 232 g/mol. The summed E-state index contributed by atoms with van der Waals surface area (Å²) in [7, 11) is 1.85. The third-order valence-electron chi connectivity index (χ3n) is 4.49. The maximum absolute atomic E-state index is 12.4. The number of hydrogen-bond acceptors (Lipinski definition) is 2. The fourth-order valence-corrected chi connectivity index (χ4v) is 3.19. The first-order valence-corrected chi connectivity index (χ1v) is 6.78. The van der Waals surface area contributed by atoms with E-state index in [1.54, 1.807) is 4.90 Å². The van der Waals surface area contributed by atoms with Gasteiger partial charge in [0.15, 0.2) is 0 Å². The highest BCUT2D eigenvalue weighted by atomic mass is 16.4. The molecule has 2 atom stereocenters. The van der Waals surface area contributed by atoms with E-state index < -0.39 is 11.9 Å². The van der Waals surface area contributed by atoms with E-state index in [9.17, 15) is 9.59 Å². The van der Waals surface area contributed by atoms with Crippen LogP contribution in [0, 0.1) is 5.92 Å². The molecule has 1 aliphatic heterocycles. The van der Waals surface area contributed by atoms with Gasteiger partial charge in [-0.05, 0) is 26.2 Å². The van der Waals surface area contributed by atoms with Gasteiger partial charge >= 0.3 is 12.0 Å². The van der Waals surface area contributed by atoms with Crippen molar-refractivity contribution in [3.05, 3.63) is 0 Å². The zero-order valence-corrected chi connectivity index (χ0v) is 11.1. The minimum Gasteiger partial charge on any atom is -0.481 e. The van der Waals surface area contributed by atoms with Crippen molar-refractivity contribution in [3.63, 3.8) is 0 Å². The minimum atomic E-state index is -0.790. The topological polar surface area (TPSA) is 60.9 Å². The Hall–Kier alpha value is -1.26. The van der Waals surface area contributed by atoms with Crippen LogP contribution >= 0.6 is 0 Å². The normalized spacial score (nSPS) is 28.7. The van der Waals surface area contributed by atoms with Crippen LogP contribution in [-0.4, -0.2) is 52.6 Å². The third-order valence-corrected chi connectivity index (χ3v) is 4.49. The van der Waals surface area contributed by atoms with Crippen LogP contribution in [0.5, 0.6) is 0 Å². The van der Waals surface area contributed by atoms with Crippen LogP contribution in [-0.2, 0) is 4.79 Å². The molecule has 102 valence electrons. The van der Waals surface area contributed by atoms with Crippen molar-refractivity contribution >= 4 is 12.0 Å². The molecular formula is C13H22N2O3. The summed E-state index contributed by atoms with van der Waals surface area (Å²) in [5.41, 5.74) is 0. The maximum Gasteiger partial charge on any atom is 0.320 e. The largest absolute Gasteiger partial charge is 0.481 e. The Morgan fingerprint density at radius 3 is 2.33 bits per heavy atom. The Morgan fingerprint density at radius 2 is 1.83 bits per heavy atom. The van der Waals surface area contributed by atoms with Crippen LogP contribution < -0.4 is 0 Å². The van der Waals surface area contributed by atoms with Gasteiger partial charge in [-0.3, -0.25) is 4.79 Å². The molecule has 5 nitrogen and oxygen atoms in total. The van der Waals surface area contributed by atoms with Gasteiger partial charge in [-0.2, -0.15) is 0 Å². The molecule has 0 aromatic carbocycles. The molecule has 2 aliphatic rings. The molecule has 2 amide bonds. The molecule has 0 radical (unpaired) electrons. The standard InChI is InChI=1S/C13H22N2O3/c1-9-11(12(16)17)7-8-15(9)13(18)14(2)10-5-3-4-6-10/h9-11H,3-8H2,1-2H3,(H,16,17). The lowest BCUT2D eigenvalue weighted by Crippen LogP contribution is -2.47. The fraction of sp³-hybridized carbons (Fsp3) is 0.846. The zero-order valence-electron chi connectivity index (χ0n) is 11.1. The van der Waals surface area contributed by atoms with Gasteiger partial charge in [0.05, 0.1) is 5.92 Å². The van der Waals surface area contributed by atoms with Gasteiger partial charge in [-0.25, -0.2) is 4.79 Å². The number of carboxylic acid groups (broad SMARTS) is 1. The molecule has 1 heterocycles. The molecule has 1 saturated carbocycles. The summed E-state index contributed by atoms with van der Waals surface area (Å²) in [6.07, 6.45) is 5.10. The second kappa shape index (κ2) is 5.16. The highest BCUT2D eigenvalue weighted by Gasteiger charge is 2.40. The molecule has 2 rings (SSSR count). The lowest BCUT2D eigenvalue weighted by atomic mass is 10.0. The number of carbonyl (C=O) groups is 2. The average Bonchev–Trinajstić information content (AvgIpc) is 2.95. The van der Waals surface area contributed by atoms with E-state index in [1.165, 1.54) is 12.8 Å². The summed E-state index contributed by atoms with van der Waals surface area (Å²) in [5.74, 6) is -1.20. The van der Waals surface area contributed by atoms with Crippen molar-refractivity contribution in [2.45, 2.75) is 51.1 Å². The van der Waals surface area contributed by atoms with Crippen molar-refractivity contribution in [3.8, 4) is 0 Å². The van der Waals surface area contributed by atoms with Gasteiger partial charge in [0.2, 0.25) is 0 Å². The number of hydrogen-bond donors (Lipinski definition) is 1. The SMILES string of the molecule is CC1C(C(=O)O)CCN1C(=O)N(C)C1CCCC1. The Bertz CT molecular complexity index is 339. The van der Waals surface area contributed by atoms with E-state index in [0.717, 1.165) is 12.8 Å². The molecule has 0 aromatic heterocycles. The van der Waals surface area contributed by atoms with Crippen molar-refractivity contribution < 1.29 is 14.7 Å². The van der Waals surface area contributed by atoms with Crippen molar-refractivity contribution in [1.82, 2.24) is 9.80 Å². The van der Waals surface area contributed by atoms with Crippen LogP contribution in [0.4, 0.5) is 4.79 Å². The summed E-state index contributed by atoms with van der Waals surface area (Å²) in [4.78, 5) is 27.0. The van der Waals surface area contributed by atoms with E-state index in [4.69, 9.17) is 5.11 Å². The summed E-state index contributed by atoms with van der Waals surface area (Å²) < 4.78 is 0. The quantitative estimate of drug-likeness (QED) is 0.817. The highest BCUT2D eigenvalue weighted by molar-refractivity contribution is 5.78. The van der Waals surface area contributed by atoms with Crippen LogP contribution in [0.15, 0.2) is 0 Å². The maximum atomic E-state index is 12.4. The third kappa shape index (κ3) is 2.31. The Labute approximate surface area is 108 Å². The molecule has 1 N–H and O–H groups in total. The number of amides is 2. The van der Waals surface area contributed by atoms with Gasteiger partial charge in [0.25, 0.3) is 0 Å². The summed E-state index contributed by atoms with van der Waals surface area (Å²) in [6.45, 7) is 2.40. The molecule has 1 saturated heterocycles. The van der Waals surface area contributed by atoms with Gasteiger partial charge < -0.3 is 14.9 Å². The number of urea groups is 1. The monoisotopic (exact) mass is 254 g/mol. The Balaban J connectivity index is 1.99. The average molecular weight is 254 g/mol. The van der Waals surface area contributed by atoms with E-state index in [1.807, 2.05) is 18.9 Å². The smallest absolute Gasteiger partial charge is 0.320 e. The van der Waals surface area contributed by atoms with Crippen LogP contribution in [0.2, 0.25) is 0 Å². The lowest BCUT2D eigenvalue weighted by Gasteiger charge is -2.32. The second-order valence-corrected chi connectivity index (χ2v) is 5.50. The predicted octanol–water partition coefficient (Wildman–Crippen LogP) is 1.78. The van der Waals surface area contributed by atoms with Crippen LogP contribution in [0.3, 0.4) is 0 Å². The number of carboxylic acids is 1. The summed E-state index contributed by atoms with van der Waals surface area (Å²) in [6, 6.07) is 0.144. The summed E-state index contributed by atoms with van der Waals surface area (Å²) in [5, 5.41) is 9.08. The lowest BCUT2D eigenvalue weighted by molar-refractivity contribution is -0.142. The first-order chi connectivity index (χ1) is 8.52. The van der Waals surface area contributed by atoms with E-state index >= 15 is 0 Å². The molecule has 2 fully saturated rings. The van der Waals surface area contributed by atoms with E-state index in [-0.39, 0.29) is 12.1 Å². The van der Waals surface area contributed by atoms with Crippen LogP contribution in [0.1, 0.15) is 39.0 Å². The number of nitrogens with zero attached hydrogens (tertiary/aromatic N) is 2. The number of likely N-dealkylation sites (tertiary alicyclic amines) is 1. The van der Waals surface area contributed by atoms with Gasteiger partial charge in [-0.15, -0.1) is 0 Å². The Kier molecular flexibility index (Phi) is 3.78. The molecule has 2 unspecified atom stereocenters. The molecule has 0 aromatic rings. The fourth-order valence-electron chi connectivity index (χ4n) is 3.19. The van der Waals surface area contributed by atoms with Crippen LogP contribution in [0.25, 0.3) is 0 Å². The first kappa shape index (κ1) is 13.2. The predicted molar refractivity (Wildman–Crippen MR) is 67.3 cm³/mol. The summed E-state index contributed by atoms with van der Waals surface area (Å²) >= 11 is 0. The number of aliphatic carboxylic acids is 1. The highest BCUT2D eigenvalue weighted by Crippen LogP contribution is 2.28. The van der Waals surface area contributed by atoms with Gasteiger partial charge in [0.1, 0.15) is 0 Å². The number of rotatable bonds is 2. The second-order valence-electron chi connectivity index (χ2n) is 5.50. The van der Waals surface area contributed by atoms with Crippen molar-refractivity contribution in [1.29, 1.82) is 0 Å². The molecule has 1 aliphatic carbocycles. The van der Waals surface area contributed by atoms with E-state index in [0.29, 0.717) is 19.0 Å². The van der Waals surface area contributed by atoms with Crippen molar-refractivity contribution in [2.24, 2.45) is 5.92 Å². The molecule has 18 heavy (non-hydrogen) atoms. The first-order valence-electron chi connectivity index (χ1n) is 6.78. The molecule has 0 bridgehead atoms. The Morgan fingerprint density at radius 1 is 1.22 bits per heavy atom. The number of carbonyl (C=O) groups excluding carboxylic acids is 1. The van der Waals surface area contributed by atoms with Gasteiger partial charge in [-0.1, -0.05) is 12.8 Å². The molecule has 0 spiro atoms. The minimum absolute atomic E-state index is 0.00171. The zero-order chi connectivity index (χ0) is 13.3.